The first-order chi connectivity index (χ1) is 8.00. The molecule has 1 aliphatic carbocycles. The van der Waals surface area contributed by atoms with Crippen molar-refractivity contribution < 1.29 is 9.90 Å². The Morgan fingerprint density at radius 3 is 2.76 bits per heavy atom. The molecule has 0 amide bonds. The molecule has 0 aromatic heterocycles. The van der Waals surface area contributed by atoms with Crippen LogP contribution < -0.4 is 0 Å². The SMILES string of the molecule is CCCCN(C)CC1(C(=O)O)CCCC(C)C1. The van der Waals surface area contributed by atoms with Crippen molar-refractivity contribution in [2.24, 2.45) is 11.3 Å². The zero-order chi connectivity index (χ0) is 12.9. The Bertz CT molecular complexity index is 255. The largest absolute Gasteiger partial charge is 0.481 e. The average molecular weight is 241 g/mol. The van der Waals surface area contributed by atoms with E-state index in [0.717, 1.165) is 32.2 Å². The Morgan fingerprint density at radius 1 is 1.53 bits per heavy atom. The summed E-state index contributed by atoms with van der Waals surface area (Å²) in [6.45, 7) is 6.08. The smallest absolute Gasteiger partial charge is 0.310 e. The van der Waals surface area contributed by atoms with Gasteiger partial charge >= 0.3 is 5.97 Å². The van der Waals surface area contributed by atoms with E-state index >= 15 is 0 Å². The Balaban J connectivity index is 2.61. The van der Waals surface area contributed by atoms with E-state index in [1.54, 1.807) is 0 Å². The molecule has 0 bridgehead atoms. The molecule has 0 heterocycles. The highest BCUT2D eigenvalue weighted by Crippen LogP contribution is 2.40. The molecule has 1 N–H and O–H groups in total. The van der Waals surface area contributed by atoms with Crippen LogP contribution in [0.25, 0.3) is 0 Å². The van der Waals surface area contributed by atoms with Gasteiger partial charge in [-0.3, -0.25) is 4.79 Å². The molecule has 1 saturated carbocycles. The number of aliphatic carboxylic acids is 1. The van der Waals surface area contributed by atoms with E-state index in [0.29, 0.717) is 12.5 Å². The number of hydrogen-bond donors (Lipinski definition) is 1. The molecular weight excluding hydrogens is 214 g/mol. The normalized spacial score (nSPS) is 29.5. The second kappa shape index (κ2) is 6.39. The minimum atomic E-state index is -0.590. The second-order valence-electron chi connectivity index (χ2n) is 5.88. The maximum absolute atomic E-state index is 11.6. The van der Waals surface area contributed by atoms with Crippen LogP contribution in [0.4, 0.5) is 0 Å². The van der Waals surface area contributed by atoms with Crippen molar-refractivity contribution in [3.8, 4) is 0 Å². The summed E-state index contributed by atoms with van der Waals surface area (Å²) in [6.07, 6.45) is 6.27. The van der Waals surface area contributed by atoms with Crippen LogP contribution in [0.5, 0.6) is 0 Å². The molecule has 0 radical (unpaired) electrons. The zero-order valence-corrected chi connectivity index (χ0v) is 11.5. The van der Waals surface area contributed by atoms with Crippen molar-refractivity contribution in [3.63, 3.8) is 0 Å². The number of carboxylic acids is 1. The number of rotatable bonds is 6. The average Bonchev–Trinajstić information content (AvgIpc) is 2.26. The van der Waals surface area contributed by atoms with E-state index in [9.17, 15) is 9.90 Å². The van der Waals surface area contributed by atoms with E-state index in [2.05, 4.69) is 25.8 Å². The summed E-state index contributed by atoms with van der Waals surface area (Å²) in [5, 5.41) is 9.55. The highest BCUT2D eigenvalue weighted by Gasteiger charge is 2.42. The van der Waals surface area contributed by atoms with Gasteiger partial charge in [-0.05, 0) is 38.8 Å². The van der Waals surface area contributed by atoms with Gasteiger partial charge in [0, 0.05) is 6.54 Å². The summed E-state index contributed by atoms with van der Waals surface area (Å²) in [4.78, 5) is 13.8. The van der Waals surface area contributed by atoms with Gasteiger partial charge in [0.25, 0.3) is 0 Å². The molecule has 0 saturated heterocycles. The first-order valence-corrected chi connectivity index (χ1v) is 6.92. The summed E-state index contributed by atoms with van der Waals surface area (Å²) in [6, 6.07) is 0. The maximum Gasteiger partial charge on any atom is 0.310 e. The van der Waals surface area contributed by atoms with E-state index in [1.165, 1.54) is 12.8 Å². The molecule has 1 rings (SSSR count). The molecule has 3 heteroatoms. The van der Waals surface area contributed by atoms with Crippen LogP contribution in [0.2, 0.25) is 0 Å². The van der Waals surface area contributed by atoms with Gasteiger partial charge < -0.3 is 10.0 Å². The Hall–Kier alpha value is -0.570. The van der Waals surface area contributed by atoms with Gasteiger partial charge in [-0.2, -0.15) is 0 Å². The fourth-order valence-electron chi connectivity index (χ4n) is 3.09. The molecule has 0 spiro atoms. The van der Waals surface area contributed by atoms with Crippen molar-refractivity contribution in [1.82, 2.24) is 4.90 Å². The van der Waals surface area contributed by atoms with Crippen LogP contribution >= 0.6 is 0 Å². The monoisotopic (exact) mass is 241 g/mol. The van der Waals surface area contributed by atoms with Crippen molar-refractivity contribution in [2.75, 3.05) is 20.1 Å². The Morgan fingerprint density at radius 2 is 2.24 bits per heavy atom. The molecular formula is C14H27NO2. The molecule has 2 atom stereocenters. The Labute approximate surface area is 105 Å². The molecule has 0 aromatic rings. The topological polar surface area (TPSA) is 40.5 Å². The van der Waals surface area contributed by atoms with Crippen molar-refractivity contribution >= 4 is 5.97 Å². The van der Waals surface area contributed by atoms with Crippen LogP contribution in [0.3, 0.4) is 0 Å². The van der Waals surface area contributed by atoms with Gasteiger partial charge in [0.05, 0.1) is 5.41 Å². The fourth-order valence-corrected chi connectivity index (χ4v) is 3.09. The molecule has 3 nitrogen and oxygen atoms in total. The summed E-state index contributed by atoms with van der Waals surface area (Å²) >= 11 is 0. The first kappa shape index (κ1) is 14.5. The number of carbonyl (C=O) groups is 1. The van der Waals surface area contributed by atoms with Gasteiger partial charge in [-0.1, -0.05) is 33.1 Å². The quantitative estimate of drug-likeness (QED) is 0.777. The minimum absolute atomic E-state index is 0.486. The van der Waals surface area contributed by atoms with E-state index in [4.69, 9.17) is 0 Å². The van der Waals surface area contributed by atoms with E-state index in [1.807, 2.05) is 0 Å². The number of hydrogen-bond acceptors (Lipinski definition) is 2. The number of nitrogens with zero attached hydrogens (tertiary/aromatic N) is 1. The Kier molecular flexibility index (Phi) is 5.44. The molecule has 17 heavy (non-hydrogen) atoms. The predicted octanol–water partition coefficient (Wildman–Crippen LogP) is 3.00. The van der Waals surface area contributed by atoms with Crippen molar-refractivity contribution in [3.05, 3.63) is 0 Å². The molecule has 0 aromatic carbocycles. The van der Waals surface area contributed by atoms with E-state index < -0.39 is 11.4 Å². The van der Waals surface area contributed by atoms with Crippen LogP contribution in [0.1, 0.15) is 52.4 Å². The lowest BCUT2D eigenvalue weighted by atomic mass is 9.69. The summed E-state index contributed by atoms with van der Waals surface area (Å²) in [5.74, 6) is -0.0353. The van der Waals surface area contributed by atoms with Crippen molar-refractivity contribution in [2.45, 2.75) is 52.4 Å². The van der Waals surface area contributed by atoms with Gasteiger partial charge in [0.2, 0.25) is 0 Å². The van der Waals surface area contributed by atoms with Gasteiger partial charge in [0.15, 0.2) is 0 Å². The first-order valence-electron chi connectivity index (χ1n) is 6.92. The molecule has 1 fully saturated rings. The summed E-state index contributed by atoms with van der Waals surface area (Å²) in [7, 11) is 2.06. The maximum atomic E-state index is 11.6. The van der Waals surface area contributed by atoms with Crippen LogP contribution in [-0.2, 0) is 4.79 Å². The standard InChI is InChI=1S/C14H27NO2/c1-4-5-9-15(3)11-14(13(16)17)8-6-7-12(2)10-14/h12H,4-11H2,1-3H3,(H,16,17). The van der Waals surface area contributed by atoms with Gasteiger partial charge in [0.1, 0.15) is 0 Å². The highest BCUT2D eigenvalue weighted by molar-refractivity contribution is 5.75. The highest BCUT2D eigenvalue weighted by atomic mass is 16.4. The third kappa shape index (κ3) is 3.98. The second-order valence-corrected chi connectivity index (χ2v) is 5.88. The van der Waals surface area contributed by atoms with Crippen molar-refractivity contribution in [1.29, 1.82) is 0 Å². The lowest BCUT2D eigenvalue weighted by Crippen LogP contribution is -2.45. The summed E-state index contributed by atoms with van der Waals surface area (Å²) < 4.78 is 0. The van der Waals surface area contributed by atoms with Crippen LogP contribution in [-0.4, -0.2) is 36.1 Å². The third-order valence-electron chi connectivity index (χ3n) is 4.01. The molecule has 100 valence electrons. The zero-order valence-electron chi connectivity index (χ0n) is 11.5. The minimum Gasteiger partial charge on any atom is -0.481 e. The predicted molar refractivity (Wildman–Crippen MR) is 70.1 cm³/mol. The van der Waals surface area contributed by atoms with E-state index in [-0.39, 0.29) is 0 Å². The summed E-state index contributed by atoms with van der Waals surface area (Å²) in [5.41, 5.74) is -0.486. The molecule has 0 aliphatic heterocycles. The fraction of sp³-hybridized carbons (Fsp3) is 0.929. The lowest BCUT2D eigenvalue weighted by Gasteiger charge is -2.39. The number of unbranched alkanes of at least 4 members (excludes halogenated alkanes) is 1. The van der Waals surface area contributed by atoms with Crippen LogP contribution in [0, 0.1) is 11.3 Å². The molecule has 1 aliphatic rings. The van der Waals surface area contributed by atoms with Crippen LogP contribution in [0.15, 0.2) is 0 Å². The van der Waals surface area contributed by atoms with Gasteiger partial charge in [-0.25, -0.2) is 0 Å². The third-order valence-corrected chi connectivity index (χ3v) is 4.01. The molecule has 2 unspecified atom stereocenters. The number of carboxylic acid groups (broad SMARTS) is 1. The van der Waals surface area contributed by atoms with Gasteiger partial charge in [-0.15, -0.1) is 0 Å². The lowest BCUT2D eigenvalue weighted by molar-refractivity contribution is -0.153.